The summed E-state index contributed by atoms with van der Waals surface area (Å²) in [5.74, 6) is -0.462. The molecule has 0 saturated carbocycles. The summed E-state index contributed by atoms with van der Waals surface area (Å²) in [5, 5.41) is 8.70. The Labute approximate surface area is 82.4 Å². The molecule has 1 rings (SSSR count). The lowest BCUT2D eigenvalue weighted by Crippen LogP contribution is -2.20. The molecule has 0 radical (unpaired) electrons. The first-order valence-corrected chi connectivity index (χ1v) is 4.41. The molecular weight excluding hydrogens is 182 g/mol. The molecule has 14 heavy (non-hydrogen) atoms. The predicted molar refractivity (Wildman–Crippen MR) is 52.6 cm³/mol. The van der Waals surface area contributed by atoms with Crippen molar-refractivity contribution >= 4 is 11.8 Å². The van der Waals surface area contributed by atoms with Gasteiger partial charge in [0.05, 0.1) is 12.4 Å². The monoisotopic (exact) mass is 195 g/mol. The van der Waals surface area contributed by atoms with Crippen LogP contribution in [0.3, 0.4) is 0 Å². The lowest BCUT2D eigenvalue weighted by molar-refractivity contribution is 0.0690. The number of hydrogen-bond acceptors (Lipinski definition) is 4. The lowest BCUT2D eigenvalue weighted by Gasteiger charge is -2.16. The number of aromatic nitrogens is 2. The first kappa shape index (κ1) is 10.4. The largest absolute Gasteiger partial charge is 0.476 e. The summed E-state index contributed by atoms with van der Waals surface area (Å²) in [6.07, 6.45) is 3.78. The third-order valence-electron chi connectivity index (χ3n) is 1.79. The van der Waals surface area contributed by atoms with Crippen LogP contribution in [-0.2, 0) is 0 Å². The van der Waals surface area contributed by atoms with Gasteiger partial charge in [0.15, 0.2) is 5.69 Å². The van der Waals surface area contributed by atoms with Gasteiger partial charge < -0.3 is 10.0 Å². The van der Waals surface area contributed by atoms with Crippen LogP contribution in [0.1, 0.15) is 23.8 Å². The van der Waals surface area contributed by atoms with Gasteiger partial charge in [0.25, 0.3) is 0 Å². The molecule has 0 aliphatic rings. The molecule has 0 bridgehead atoms. The fourth-order valence-electron chi connectivity index (χ4n) is 1.09. The predicted octanol–water partition coefficient (Wildman–Crippen LogP) is 1.02. The normalized spacial score (nSPS) is 9.86. The highest BCUT2D eigenvalue weighted by atomic mass is 16.4. The van der Waals surface area contributed by atoms with Gasteiger partial charge in [-0.05, 0) is 6.42 Å². The summed E-state index contributed by atoms with van der Waals surface area (Å²) >= 11 is 0. The minimum absolute atomic E-state index is 0.0227. The quantitative estimate of drug-likeness (QED) is 0.777. The maximum atomic E-state index is 10.6. The van der Waals surface area contributed by atoms with Crippen LogP contribution in [0.2, 0.25) is 0 Å². The van der Waals surface area contributed by atoms with E-state index in [4.69, 9.17) is 5.11 Å². The van der Waals surface area contributed by atoms with Crippen LogP contribution < -0.4 is 4.90 Å². The van der Waals surface area contributed by atoms with E-state index in [0.717, 1.165) is 13.0 Å². The van der Waals surface area contributed by atoms with Gasteiger partial charge in [0.1, 0.15) is 5.82 Å². The number of anilines is 1. The van der Waals surface area contributed by atoms with Crippen LogP contribution in [-0.4, -0.2) is 34.6 Å². The van der Waals surface area contributed by atoms with Crippen molar-refractivity contribution in [3.05, 3.63) is 18.1 Å². The summed E-state index contributed by atoms with van der Waals surface area (Å²) in [6, 6.07) is 0. The average Bonchev–Trinajstić information content (AvgIpc) is 2.18. The standard InChI is InChI=1S/C9H13N3O2/c1-3-4-12(2)8-6-10-5-7(11-8)9(13)14/h5-6H,3-4H2,1-2H3,(H,13,14). The van der Waals surface area contributed by atoms with E-state index in [1.54, 1.807) is 6.20 Å². The Bertz CT molecular complexity index is 328. The number of nitrogens with zero attached hydrogens (tertiary/aromatic N) is 3. The van der Waals surface area contributed by atoms with Gasteiger partial charge in [-0.3, -0.25) is 4.98 Å². The number of aromatic carboxylic acids is 1. The minimum Gasteiger partial charge on any atom is -0.476 e. The zero-order valence-electron chi connectivity index (χ0n) is 8.27. The molecule has 5 nitrogen and oxygen atoms in total. The van der Waals surface area contributed by atoms with Gasteiger partial charge in [0.2, 0.25) is 0 Å². The Balaban J connectivity index is 2.87. The molecule has 0 aliphatic heterocycles. The molecule has 0 spiro atoms. The van der Waals surface area contributed by atoms with Crippen molar-refractivity contribution in [2.24, 2.45) is 0 Å². The maximum Gasteiger partial charge on any atom is 0.356 e. The summed E-state index contributed by atoms with van der Waals surface area (Å²) < 4.78 is 0. The topological polar surface area (TPSA) is 66.3 Å². The number of carboxylic acids is 1. The van der Waals surface area contributed by atoms with Crippen LogP contribution in [0.15, 0.2) is 12.4 Å². The maximum absolute atomic E-state index is 10.6. The smallest absolute Gasteiger partial charge is 0.356 e. The Hall–Kier alpha value is -1.65. The molecule has 0 aliphatic carbocycles. The fraction of sp³-hybridized carbons (Fsp3) is 0.444. The van der Waals surface area contributed by atoms with Gasteiger partial charge in [-0.2, -0.15) is 0 Å². The summed E-state index contributed by atoms with van der Waals surface area (Å²) in [4.78, 5) is 20.3. The Morgan fingerprint density at radius 1 is 1.57 bits per heavy atom. The van der Waals surface area contributed by atoms with Crippen molar-refractivity contribution in [1.29, 1.82) is 0 Å². The molecule has 1 N–H and O–H groups in total. The average molecular weight is 195 g/mol. The van der Waals surface area contributed by atoms with Crippen LogP contribution in [0.25, 0.3) is 0 Å². The van der Waals surface area contributed by atoms with Crippen LogP contribution >= 0.6 is 0 Å². The van der Waals surface area contributed by atoms with Crippen molar-refractivity contribution < 1.29 is 9.90 Å². The third kappa shape index (κ3) is 2.42. The van der Waals surface area contributed by atoms with Crippen LogP contribution in [0.5, 0.6) is 0 Å². The van der Waals surface area contributed by atoms with Crippen LogP contribution in [0.4, 0.5) is 5.82 Å². The van der Waals surface area contributed by atoms with Crippen molar-refractivity contribution in [3.8, 4) is 0 Å². The van der Waals surface area contributed by atoms with Crippen LogP contribution in [0, 0.1) is 0 Å². The molecule has 1 heterocycles. The molecule has 0 aromatic carbocycles. The number of hydrogen-bond donors (Lipinski definition) is 1. The van der Waals surface area contributed by atoms with E-state index in [-0.39, 0.29) is 5.69 Å². The molecular formula is C9H13N3O2. The third-order valence-corrected chi connectivity index (χ3v) is 1.79. The SMILES string of the molecule is CCCN(C)c1cncc(C(=O)O)n1. The van der Waals surface area contributed by atoms with Gasteiger partial charge in [-0.15, -0.1) is 0 Å². The fourth-order valence-corrected chi connectivity index (χ4v) is 1.09. The van der Waals surface area contributed by atoms with E-state index in [0.29, 0.717) is 5.82 Å². The Morgan fingerprint density at radius 2 is 2.29 bits per heavy atom. The molecule has 0 fully saturated rings. The highest BCUT2D eigenvalue weighted by Crippen LogP contribution is 2.07. The molecule has 0 atom stereocenters. The van der Waals surface area contributed by atoms with Gasteiger partial charge in [0, 0.05) is 13.6 Å². The second-order valence-electron chi connectivity index (χ2n) is 2.99. The summed E-state index contributed by atoms with van der Waals surface area (Å²) in [5.41, 5.74) is -0.0227. The first-order valence-electron chi connectivity index (χ1n) is 4.41. The molecule has 1 aromatic rings. The molecule has 76 valence electrons. The highest BCUT2D eigenvalue weighted by molar-refractivity contribution is 5.85. The van der Waals surface area contributed by atoms with Gasteiger partial charge in [-0.1, -0.05) is 6.92 Å². The van der Waals surface area contributed by atoms with Crippen molar-refractivity contribution in [3.63, 3.8) is 0 Å². The molecule has 0 unspecified atom stereocenters. The summed E-state index contributed by atoms with van der Waals surface area (Å²) in [6.45, 7) is 2.88. The highest BCUT2D eigenvalue weighted by Gasteiger charge is 2.08. The Morgan fingerprint density at radius 3 is 2.86 bits per heavy atom. The molecule has 0 amide bonds. The van der Waals surface area contributed by atoms with E-state index in [9.17, 15) is 4.79 Å². The summed E-state index contributed by atoms with van der Waals surface area (Å²) in [7, 11) is 1.86. The van der Waals surface area contributed by atoms with E-state index < -0.39 is 5.97 Å². The first-order chi connectivity index (χ1) is 6.65. The van der Waals surface area contributed by atoms with Crippen molar-refractivity contribution in [2.75, 3.05) is 18.5 Å². The Kier molecular flexibility index (Phi) is 3.39. The molecule has 5 heteroatoms. The second-order valence-corrected chi connectivity index (χ2v) is 2.99. The molecule has 0 saturated heterocycles. The van der Waals surface area contributed by atoms with Crippen molar-refractivity contribution in [2.45, 2.75) is 13.3 Å². The number of carbonyl (C=O) groups is 1. The zero-order valence-corrected chi connectivity index (χ0v) is 8.27. The van der Waals surface area contributed by atoms with Crippen molar-refractivity contribution in [1.82, 2.24) is 9.97 Å². The number of rotatable bonds is 4. The van der Waals surface area contributed by atoms with E-state index in [2.05, 4.69) is 9.97 Å². The van der Waals surface area contributed by atoms with Gasteiger partial charge >= 0.3 is 5.97 Å². The molecule has 1 aromatic heterocycles. The van der Waals surface area contributed by atoms with Gasteiger partial charge in [-0.25, -0.2) is 9.78 Å². The number of carboxylic acid groups (broad SMARTS) is 1. The lowest BCUT2D eigenvalue weighted by atomic mass is 10.4. The zero-order chi connectivity index (χ0) is 10.6. The van der Waals surface area contributed by atoms with E-state index >= 15 is 0 Å². The van der Waals surface area contributed by atoms with E-state index in [1.807, 2.05) is 18.9 Å². The van der Waals surface area contributed by atoms with E-state index in [1.165, 1.54) is 6.20 Å². The minimum atomic E-state index is -1.05. The second kappa shape index (κ2) is 4.55.